The molecule has 4 nitrogen and oxygen atoms in total. The topological polar surface area (TPSA) is 46.4 Å². The minimum Gasteiger partial charge on any atom is -0.347 e. The lowest BCUT2D eigenvalue weighted by Gasteiger charge is -1.98. The molecule has 1 aliphatic rings. The Kier molecular flexibility index (Phi) is 4.34. The van der Waals surface area contributed by atoms with Crippen molar-refractivity contribution in [3.8, 4) is 0 Å². The summed E-state index contributed by atoms with van der Waals surface area (Å²) in [7, 11) is 2.03. The fourth-order valence-corrected chi connectivity index (χ4v) is 3.99. The zero-order chi connectivity index (χ0) is 18.3. The zero-order valence-electron chi connectivity index (χ0n) is 14.3. The standard InChI is InChI=1S/C20H16ClN3OS/c1-12-14(13-7-3-6-10-17(13)24(12)2)11-18-19(25)23-20(26-18)22-16-9-5-4-8-15(16)21/h3-11H,1-2H3,(H,22,23,25)/b18-11+. The van der Waals surface area contributed by atoms with Crippen LogP contribution in [0, 0.1) is 6.92 Å². The fourth-order valence-electron chi connectivity index (χ4n) is 3.00. The molecule has 2 heterocycles. The highest BCUT2D eigenvalue weighted by atomic mass is 35.5. The van der Waals surface area contributed by atoms with Crippen LogP contribution >= 0.6 is 23.4 Å². The average molecular weight is 382 g/mol. The Morgan fingerprint density at radius 1 is 1.15 bits per heavy atom. The molecule has 1 fully saturated rings. The molecule has 0 aliphatic carbocycles. The van der Waals surface area contributed by atoms with E-state index in [0.29, 0.717) is 20.8 Å². The van der Waals surface area contributed by atoms with Gasteiger partial charge in [0.15, 0.2) is 5.17 Å². The van der Waals surface area contributed by atoms with E-state index in [1.807, 2.05) is 43.5 Å². The Morgan fingerprint density at radius 3 is 2.69 bits per heavy atom. The van der Waals surface area contributed by atoms with Crippen LogP contribution in [0.5, 0.6) is 0 Å². The van der Waals surface area contributed by atoms with E-state index in [2.05, 4.69) is 33.9 Å². The maximum atomic E-state index is 12.4. The van der Waals surface area contributed by atoms with Gasteiger partial charge >= 0.3 is 0 Å². The Bertz CT molecular complexity index is 1100. The van der Waals surface area contributed by atoms with Gasteiger partial charge in [-0.15, -0.1) is 0 Å². The van der Waals surface area contributed by atoms with E-state index in [1.165, 1.54) is 11.8 Å². The lowest BCUT2D eigenvalue weighted by Crippen LogP contribution is -2.19. The number of thioether (sulfide) groups is 1. The van der Waals surface area contributed by atoms with Crippen molar-refractivity contribution in [2.24, 2.45) is 12.0 Å². The number of fused-ring (bicyclic) bond motifs is 1. The summed E-state index contributed by atoms with van der Waals surface area (Å²) in [6, 6.07) is 15.5. The first-order valence-electron chi connectivity index (χ1n) is 8.13. The molecule has 3 aromatic rings. The van der Waals surface area contributed by atoms with E-state index in [1.54, 1.807) is 6.07 Å². The van der Waals surface area contributed by atoms with Gasteiger partial charge in [-0.3, -0.25) is 4.79 Å². The second-order valence-electron chi connectivity index (χ2n) is 6.01. The number of hydrogen-bond donors (Lipinski definition) is 1. The predicted molar refractivity (Wildman–Crippen MR) is 110 cm³/mol. The Labute approximate surface area is 160 Å². The van der Waals surface area contributed by atoms with Gasteiger partial charge in [0, 0.05) is 29.2 Å². The largest absolute Gasteiger partial charge is 0.347 e. The van der Waals surface area contributed by atoms with Crippen LogP contribution in [0.1, 0.15) is 11.3 Å². The number of para-hydroxylation sites is 2. The van der Waals surface area contributed by atoms with Crippen LogP contribution in [0.4, 0.5) is 5.69 Å². The van der Waals surface area contributed by atoms with Gasteiger partial charge in [0.1, 0.15) is 0 Å². The van der Waals surface area contributed by atoms with Gasteiger partial charge in [0.05, 0.1) is 15.6 Å². The number of amides is 1. The van der Waals surface area contributed by atoms with Gasteiger partial charge in [0.25, 0.3) is 5.91 Å². The van der Waals surface area contributed by atoms with Crippen LogP contribution in [0.15, 0.2) is 58.4 Å². The van der Waals surface area contributed by atoms with E-state index < -0.39 is 0 Å². The van der Waals surface area contributed by atoms with Crippen LogP contribution < -0.4 is 5.32 Å². The van der Waals surface area contributed by atoms with Crippen LogP contribution in [0.2, 0.25) is 5.02 Å². The van der Waals surface area contributed by atoms with Gasteiger partial charge in [-0.25, -0.2) is 4.99 Å². The molecule has 0 atom stereocenters. The average Bonchev–Trinajstić information content (AvgIpc) is 3.10. The summed E-state index contributed by atoms with van der Waals surface area (Å²) < 4.78 is 2.14. The second-order valence-corrected chi connectivity index (χ2v) is 7.45. The number of nitrogens with zero attached hydrogens (tertiary/aromatic N) is 2. The molecule has 0 bridgehead atoms. The highest BCUT2D eigenvalue weighted by Gasteiger charge is 2.25. The van der Waals surface area contributed by atoms with Crippen molar-refractivity contribution in [3.63, 3.8) is 0 Å². The first-order valence-corrected chi connectivity index (χ1v) is 9.32. The number of benzene rings is 2. The van der Waals surface area contributed by atoms with Gasteiger partial charge in [-0.05, 0) is 43.0 Å². The predicted octanol–water partition coefficient (Wildman–Crippen LogP) is 5.03. The van der Waals surface area contributed by atoms with Crippen LogP contribution in [-0.2, 0) is 11.8 Å². The normalized spacial score (nSPS) is 17.4. The zero-order valence-corrected chi connectivity index (χ0v) is 15.9. The third kappa shape index (κ3) is 2.93. The summed E-state index contributed by atoms with van der Waals surface area (Å²) in [5.74, 6) is -0.145. The van der Waals surface area contributed by atoms with Crippen molar-refractivity contribution in [3.05, 3.63) is 69.7 Å². The molecular formula is C20H16ClN3OS. The third-order valence-corrected chi connectivity index (χ3v) is 5.68. The van der Waals surface area contributed by atoms with E-state index >= 15 is 0 Å². The molecule has 26 heavy (non-hydrogen) atoms. The number of aliphatic imine (C=N–C) groups is 1. The molecule has 2 aromatic carbocycles. The van der Waals surface area contributed by atoms with Crippen molar-refractivity contribution in [1.82, 2.24) is 9.88 Å². The summed E-state index contributed by atoms with van der Waals surface area (Å²) in [6.07, 6.45) is 1.94. The van der Waals surface area contributed by atoms with Crippen LogP contribution in [0.3, 0.4) is 0 Å². The summed E-state index contributed by atoms with van der Waals surface area (Å²) in [4.78, 5) is 17.5. The summed E-state index contributed by atoms with van der Waals surface area (Å²) >= 11 is 7.47. The quantitative estimate of drug-likeness (QED) is 0.632. The Hall–Kier alpha value is -2.50. The summed E-state index contributed by atoms with van der Waals surface area (Å²) in [5.41, 5.74) is 3.95. The fraction of sp³-hybridized carbons (Fsp3) is 0.100. The highest BCUT2D eigenvalue weighted by molar-refractivity contribution is 8.18. The maximum absolute atomic E-state index is 12.4. The number of carbonyl (C=O) groups excluding carboxylic acids is 1. The van der Waals surface area contributed by atoms with Crippen LogP contribution in [0.25, 0.3) is 17.0 Å². The van der Waals surface area contributed by atoms with Crippen molar-refractivity contribution < 1.29 is 4.79 Å². The maximum Gasteiger partial charge on any atom is 0.264 e. The number of carbonyl (C=O) groups is 1. The van der Waals surface area contributed by atoms with E-state index in [0.717, 1.165) is 22.2 Å². The van der Waals surface area contributed by atoms with Crippen molar-refractivity contribution >= 4 is 57.1 Å². The van der Waals surface area contributed by atoms with Crippen molar-refractivity contribution in [2.45, 2.75) is 6.92 Å². The molecule has 130 valence electrons. The van der Waals surface area contributed by atoms with Gasteiger partial charge < -0.3 is 9.88 Å². The molecule has 0 spiro atoms. The van der Waals surface area contributed by atoms with Crippen molar-refractivity contribution in [1.29, 1.82) is 0 Å². The molecule has 0 radical (unpaired) electrons. The SMILES string of the molecule is Cc1c(/C=C2/SC(=Nc3ccccc3Cl)NC2=O)c2ccccc2n1C. The lowest BCUT2D eigenvalue weighted by atomic mass is 10.1. The molecule has 6 heteroatoms. The van der Waals surface area contributed by atoms with E-state index in [-0.39, 0.29) is 5.91 Å². The smallest absolute Gasteiger partial charge is 0.264 e. The number of amidine groups is 1. The monoisotopic (exact) mass is 381 g/mol. The number of halogens is 1. The van der Waals surface area contributed by atoms with Gasteiger partial charge in [-0.1, -0.05) is 41.9 Å². The molecule has 1 saturated heterocycles. The number of aryl methyl sites for hydroxylation is 1. The number of rotatable bonds is 2. The third-order valence-electron chi connectivity index (χ3n) is 4.45. The summed E-state index contributed by atoms with van der Waals surface area (Å²) in [6.45, 7) is 2.06. The van der Waals surface area contributed by atoms with Crippen LogP contribution in [-0.4, -0.2) is 15.6 Å². The minimum atomic E-state index is -0.145. The molecule has 1 aromatic heterocycles. The molecule has 0 unspecified atom stereocenters. The van der Waals surface area contributed by atoms with E-state index in [9.17, 15) is 4.79 Å². The summed E-state index contributed by atoms with van der Waals surface area (Å²) in [5, 5.41) is 5.03. The van der Waals surface area contributed by atoms with Crippen molar-refractivity contribution in [2.75, 3.05) is 0 Å². The van der Waals surface area contributed by atoms with E-state index in [4.69, 9.17) is 11.6 Å². The number of nitrogens with one attached hydrogen (secondary N) is 1. The molecule has 0 saturated carbocycles. The molecular weight excluding hydrogens is 366 g/mol. The molecule has 4 rings (SSSR count). The first kappa shape index (κ1) is 16.9. The minimum absolute atomic E-state index is 0.145. The van der Waals surface area contributed by atoms with Gasteiger partial charge in [-0.2, -0.15) is 0 Å². The number of aromatic nitrogens is 1. The number of hydrogen-bond acceptors (Lipinski definition) is 3. The molecule has 1 amide bonds. The first-order chi connectivity index (χ1) is 12.5. The molecule has 1 N–H and O–H groups in total. The van der Waals surface area contributed by atoms with Gasteiger partial charge in [0.2, 0.25) is 0 Å². The second kappa shape index (κ2) is 6.67. The lowest BCUT2D eigenvalue weighted by molar-refractivity contribution is -0.115. The molecule has 1 aliphatic heterocycles. The Morgan fingerprint density at radius 2 is 1.88 bits per heavy atom. The Balaban J connectivity index is 1.73. The highest BCUT2D eigenvalue weighted by Crippen LogP contribution is 2.33.